The van der Waals surface area contributed by atoms with Gasteiger partial charge < -0.3 is 0 Å². The van der Waals surface area contributed by atoms with Crippen LogP contribution in [0.1, 0.15) is 53.4 Å². The van der Waals surface area contributed by atoms with E-state index in [0.29, 0.717) is 10.8 Å². The Kier molecular flexibility index (Phi) is 1.79. The summed E-state index contributed by atoms with van der Waals surface area (Å²) in [5, 5.41) is 0. The van der Waals surface area contributed by atoms with E-state index in [9.17, 15) is 0 Å². The molecule has 15 heavy (non-hydrogen) atoms. The minimum absolute atomic E-state index is 0.546. The lowest BCUT2D eigenvalue weighted by Crippen LogP contribution is -2.45. The number of fused-ring (bicyclic) bond motifs is 1. The molecule has 0 aromatic heterocycles. The van der Waals surface area contributed by atoms with E-state index < -0.39 is 0 Å². The lowest BCUT2D eigenvalue weighted by molar-refractivity contribution is -0.00820. The zero-order chi connectivity index (χ0) is 10.8. The fourth-order valence-electron chi connectivity index (χ4n) is 5.23. The van der Waals surface area contributed by atoms with Crippen LogP contribution in [-0.4, -0.2) is 0 Å². The third-order valence-corrected chi connectivity index (χ3v) is 6.23. The zero-order valence-electron chi connectivity index (χ0n) is 10.6. The van der Waals surface area contributed by atoms with E-state index >= 15 is 0 Å². The van der Waals surface area contributed by atoms with Crippen molar-refractivity contribution in [1.82, 2.24) is 0 Å². The van der Waals surface area contributed by atoms with E-state index in [1.165, 1.54) is 25.7 Å². The van der Waals surface area contributed by atoms with E-state index in [1.807, 2.05) is 5.57 Å². The van der Waals surface area contributed by atoms with Crippen LogP contribution >= 0.6 is 0 Å². The fraction of sp³-hybridized carbons (Fsp3) is 0.867. The van der Waals surface area contributed by atoms with Gasteiger partial charge in [-0.25, -0.2) is 0 Å². The minimum Gasteiger partial charge on any atom is -0.0808 e. The van der Waals surface area contributed by atoms with Gasteiger partial charge in [-0.15, -0.1) is 0 Å². The van der Waals surface area contributed by atoms with Crippen molar-refractivity contribution < 1.29 is 0 Å². The van der Waals surface area contributed by atoms with Crippen LogP contribution in [-0.2, 0) is 0 Å². The van der Waals surface area contributed by atoms with E-state index in [2.05, 4.69) is 33.8 Å². The molecule has 1 spiro atoms. The lowest BCUT2D eigenvalue weighted by atomic mass is 9.52. The van der Waals surface area contributed by atoms with Gasteiger partial charge in [-0.3, -0.25) is 0 Å². The molecule has 3 aliphatic rings. The first-order chi connectivity index (χ1) is 7.00. The van der Waals surface area contributed by atoms with Crippen LogP contribution in [0.5, 0.6) is 0 Å². The Labute approximate surface area is 94.1 Å². The Bertz CT molecular complexity index is 323. The molecular weight excluding hydrogens is 180 g/mol. The highest BCUT2D eigenvalue weighted by Crippen LogP contribution is 2.71. The summed E-state index contributed by atoms with van der Waals surface area (Å²) in [7, 11) is 0. The Morgan fingerprint density at radius 1 is 1.13 bits per heavy atom. The van der Waals surface area contributed by atoms with E-state index in [0.717, 1.165) is 17.8 Å². The van der Waals surface area contributed by atoms with Gasteiger partial charge in [-0.1, -0.05) is 39.3 Å². The quantitative estimate of drug-likeness (QED) is 0.513. The molecule has 0 radical (unpaired) electrons. The SMILES string of the molecule is CC1CCC23C1=CC(CCC2C)C3(C)C. The van der Waals surface area contributed by atoms with Crippen LogP contribution in [0.4, 0.5) is 0 Å². The van der Waals surface area contributed by atoms with Crippen LogP contribution in [0.2, 0.25) is 0 Å². The highest BCUT2D eigenvalue weighted by Gasteiger charge is 2.62. The minimum atomic E-state index is 0.546. The summed E-state index contributed by atoms with van der Waals surface area (Å²) in [6.45, 7) is 10.0. The molecule has 0 heterocycles. The number of hydrogen-bond acceptors (Lipinski definition) is 0. The van der Waals surface area contributed by atoms with Crippen LogP contribution in [0.3, 0.4) is 0 Å². The molecule has 0 N–H and O–H groups in total. The fourth-order valence-corrected chi connectivity index (χ4v) is 5.23. The van der Waals surface area contributed by atoms with E-state index in [4.69, 9.17) is 0 Å². The molecule has 3 aliphatic carbocycles. The Morgan fingerprint density at radius 3 is 2.60 bits per heavy atom. The highest BCUT2D eigenvalue weighted by molar-refractivity contribution is 5.36. The summed E-state index contributed by atoms with van der Waals surface area (Å²) in [4.78, 5) is 0. The van der Waals surface area contributed by atoms with Crippen molar-refractivity contribution in [2.45, 2.75) is 53.4 Å². The van der Waals surface area contributed by atoms with Crippen molar-refractivity contribution in [3.63, 3.8) is 0 Å². The van der Waals surface area contributed by atoms with E-state index in [1.54, 1.807) is 0 Å². The molecule has 0 aromatic rings. The largest absolute Gasteiger partial charge is 0.0808 e. The summed E-state index contributed by atoms with van der Waals surface area (Å²) in [5.41, 5.74) is 2.99. The monoisotopic (exact) mass is 204 g/mol. The van der Waals surface area contributed by atoms with Crippen LogP contribution in [0, 0.1) is 28.6 Å². The molecule has 4 unspecified atom stereocenters. The molecule has 0 saturated heterocycles. The van der Waals surface area contributed by atoms with Crippen LogP contribution in [0.25, 0.3) is 0 Å². The van der Waals surface area contributed by atoms with Gasteiger partial charge in [0, 0.05) is 0 Å². The molecule has 4 atom stereocenters. The highest BCUT2D eigenvalue weighted by atomic mass is 14.7. The molecule has 2 bridgehead atoms. The van der Waals surface area contributed by atoms with Crippen molar-refractivity contribution in [2.75, 3.05) is 0 Å². The standard InChI is InChI=1S/C15H24/c1-10-7-8-15-11(2)5-6-12(9-13(10)15)14(15,3)4/h9-12H,5-8H2,1-4H3. The number of rotatable bonds is 0. The summed E-state index contributed by atoms with van der Waals surface area (Å²) in [5.74, 6) is 2.67. The summed E-state index contributed by atoms with van der Waals surface area (Å²) < 4.78 is 0. The molecule has 0 aliphatic heterocycles. The smallest absolute Gasteiger partial charge is 0.000281 e. The maximum Gasteiger partial charge on any atom is -0.000281 e. The first-order valence-electron chi connectivity index (χ1n) is 6.72. The molecule has 0 nitrogen and oxygen atoms in total. The topological polar surface area (TPSA) is 0 Å². The summed E-state index contributed by atoms with van der Waals surface area (Å²) in [6.07, 6.45) is 8.48. The van der Waals surface area contributed by atoms with Gasteiger partial charge in [-0.05, 0) is 54.3 Å². The van der Waals surface area contributed by atoms with Gasteiger partial charge in [0.25, 0.3) is 0 Å². The Morgan fingerprint density at radius 2 is 1.87 bits per heavy atom. The number of hydrogen-bond donors (Lipinski definition) is 0. The van der Waals surface area contributed by atoms with Crippen molar-refractivity contribution in [3.05, 3.63) is 11.6 Å². The molecule has 2 fully saturated rings. The van der Waals surface area contributed by atoms with Crippen LogP contribution < -0.4 is 0 Å². The summed E-state index contributed by atoms with van der Waals surface area (Å²) in [6, 6.07) is 0. The lowest BCUT2D eigenvalue weighted by Gasteiger charge is -2.52. The predicted molar refractivity (Wildman–Crippen MR) is 64.6 cm³/mol. The second-order valence-corrected chi connectivity index (χ2v) is 6.84. The third kappa shape index (κ3) is 0.905. The molecule has 84 valence electrons. The predicted octanol–water partition coefficient (Wildman–Crippen LogP) is 4.42. The van der Waals surface area contributed by atoms with Crippen LogP contribution in [0.15, 0.2) is 11.6 Å². The number of allylic oxidation sites excluding steroid dienone is 2. The zero-order valence-corrected chi connectivity index (χ0v) is 10.6. The average molecular weight is 204 g/mol. The maximum absolute atomic E-state index is 2.68. The van der Waals surface area contributed by atoms with E-state index in [-0.39, 0.29) is 0 Å². The van der Waals surface area contributed by atoms with Crippen molar-refractivity contribution >= 4 is 0 Å². The second kappa shape index (κ2) is 2.70. The molecule has 0 aromatic carbocycles. The normalized spacial score (nSPS) is 51.5. The summed E-state index contributed by atoms with van der Waals surface area (Å²) >= 11 is 0. The Hall–Kier alpha value is -0.260. The first-order valence-corrected chi connectivity index (χ1v) is 6.72. The first kappa shape index (κ1) is 9.93. The molecular formula is C15H24. The Balaban J connectivity index is 2.16. The average Bonchev–Trinajstić information content (AvgIpc) is 2.53. The molecule has 2 saturated carbocycles. The van der Waals surface area contributed by atoms with Crippen molar-refractivity contribution in [2.24, 2.45) is 28.6 Å². The van der Waals surface area contributed by atoms with Gasteiger partial charge in [-0.2, -0.15) is 0 Å². The molecule has 3 rings (SSSR count). The van der Waals surface area contributed by atoms with Gasteiger partial charge in [0.2, 0.25) is 0 Å². The third-order valence-electron chi connectivity index (χ3n) is 6.23. The van der Waals surface area contributed by atoms with Crippen molar-refractivity contribution in [1.29, 1.82) is 0 Å². The molecule has 0 amide bonds. The van der Waals surface area contributed by atoms with Gasteiger partial charge in [0.15, 0.2) is 0 Å². The second-order valence-electron chi connectivity index (χ2n) is 6.84. The van der Waals surface area contributed by atoms with Gasteiger partial charge in [0.1, 0.15) is 0 Å². The maximum atomic E-state index is 2.68. The van der Waals surface area contributed by atoms with Gasteiger partial charge in [0.05, 0.1) is 0 Å². The van der Waals surface area contributed by atoms with Crippen molar-refractivity contribution in [3.8, 4) is 0 Å². The van der Waals surface area contributed by atoms with Gasteiger partial charge >= 0.3 is 0 Å². The molecule has 0 heteroatoms.